The smallest absolute Gasteiger partial charge is 0.325 e. The molecule has 6 heteroatoms. The van der Waals surface area contributed by atoms with Crippen LogP contribution in [0.1, 0.15) is 29.7 Å². The van der Waals surface area contributed by atoms with E-state index in [1.165, 1.54) is 14.2 Å². The standard InChI is InChI=1S/C21H23NO5/c1-22-18(16-12-8-5-9-13-16)21(19(23)25-2,20(24)26-3)14-17(27-22)15-10-6-4-7-11-15/h4-13,17-18H,14H2,1-3H3. The molecule has 1 aliphatic rings. The molecule has 1 heterocycles. The highest BCUT2D eigenvalue weighted by Crippen LogP contribution is 2.51. The fourth-order valence-corrected chi connectivity index (χ4v) is 3.83. The van der Waals surface area contributed by atoms with Crippen LogP contribution in [-0.4, -0.2) is 38.3 Å². The second-order valence-electron chi connectivity index (χ2n) is 6.52. The zero-order valence-corrected chi connectivity index (χ0v) is 15.6. The van der Waals surface area contributed by atoms with Crippen LogP contribution in [0, 0.1) is 5.41 Å². The molecular weight excluding hydrogens is 346 g/mol. The van der Waals surface area contributed by atoms with Gasteiger partial charge in [-0.1, -0.05) is 60.7 Å². The van der Waals surface area contributed by atoms with E-state index < -0.39 is 29.5 Å². The average molecular weight is 369 g/mol. The molecule has 6 nitrogen and oxygen atoms in total. The Bertz CT molecular complexity index is 777. The van der Waals surface area contributed by atoms with Gasteiger partial charge in [0.05, 0.1) is 20.3 Å². The van der Waals surface area contributed by atoms with Crippen LogP contribution >= 0.6 is 0 Å². The van der Waals surface area contributed by atoms with Gasteiger partial charge in [0.2, 0.25) is 0 Å². The fraction of sp³-hybridized carbons (Fsp3) is 0.333. The predicted molar refractivity (Wildman–Crippen MR) is 98.3 cm³/mol. The molecule has 1 saturated heterocycles. The van der Waals surface area contributed by atoms with E-state index >= 15 is 0 Å². The van der Waals surface area contributed by atoms with E-state index in [4.69, 9.17) is 14.3 Å². The molecular formula is C21H23NO5. The van der Waals surface area contributed by atoms with Gasteiger partial charge in [0.1, 0.15) is 6.10 Å². The van der Waals surface area contributed by atoms with E-state index in [1.54, 1.807) is 12.1 Å². The molecule has 0 aliphatic carbocycles. The number of hydroxylamine groups is 2. The van der Waals surface area contributed by atoms with Crippen LogP contribution < -0.4 is 0 Å². The Balaban J connectivity index is 2.15. The SMILES string of the molecule is COC(=O)C1(C(=O)OC)CC(c2ccccc2)ON(C)C1c1ccccc1. The van der Waals surface area contributed by atoms with Crippen molar-refractivity contribution in [2.75, 3.05) is 21.3 Å². The number of ether oxygens (including phenoxy) is 2. The van der Waals surface area contributed by atoms with Gasteiger partial charge in [-0.25, -0.2) is 0 Å². The molecule has 3 rings (SSSR count). The molecule has 2 atom stereocenters. The lowest BCUT2D eigenvalue weighted by Gasteiger charge is -2.47. The number of esters is 2. The van der Waals surface area contributed by atoms with Gasteiger partial charge in [0.25, 0.3) is 0 Å². The number of hydrogen-bond acceptors (Lipinski definition) is 6. The van der Waals surface area contributed by atoms with Crippen LogP contribution in [0.3, 0.4) is 0 Å². The van der Waals surface area contributed by atoms with Crippen molar-refractivity contribution in [1.29, 1.82) is 0 Å². The first kappa shape index (κ1) is 19.1. The molecule has 0 bridgehead atoms. The van der Waals surface area contributed by atoms with Crippen molar-refractivity contribution in [1.82, 2.24) is 5.06 Å². The normalized spacial score (nSPS) is 22.0. The first-order valence-corrected chi connectivity index (χ1v) is 8.71. The van der Waals surface area contributed by atoms with Gasteiger partial charge in [-0.2, -0.15) is 5.06 Å². The highest BCUT2D eigenvalue weighted by molar-refractivity contribution is 6.01. The molecule has 142 valence electrons. The number of rotatable bonds is 4. The molecule has 2 unspecified atom stereocenters. The van der Waals surface area contributed by atoms with E-state index in [-0.39, 0.29) is 6.42 Å². The summed E-state index contributed by atoms with van der Waals surface area (Å²) < 4.78 is 10.2. The monoisotopic (exact) mass is 369 g/mol. The second-order valence-corrected chi connectivity index (χ2v) is 6.52. The lowest BCUT2D eigenvalue weighted by Crippen LogP contribution is -2.55. The van der Waals surface area contributed by atoms with Crippen molar-refractivity contribution in [2.45, 2.75) is 18.6 Å². The molecule has 1 aliphatic heterocycles. The van der Waals surface area contributed by atoms with Gasteiger partial charge in [-0.15, -0.1) is 0 Å². The number of methoxy groups -OCH3 is 2. The molecule has 1 fully saturated rings. The first-order valence-electron chi connectivity index (χ1n) is 8.71. The molecule has 0 radical (unpaired) electrons. The molecule has 0 N–H and O–H groups in total. The summed E-state index contributed by atoms with van der Waals surface area (Å²) in [5, 5.41) is 1.56. The molecule has 27 heavy (non-hydrogen) atoms. The van der Waals surface area contributed by atoms with Crippen LogP contribution in [0.4, 0.5) is 0 Å². The third kappa shape index (κ3) is 3.34. The highest BCUT2D eigenvalue weighted by atomic mass is 16.7. The van der Waals surface area contributed by atoms with Gasteiger partial charge < -0.3 is 9.47 Å². The van der Waals surface area contributed by atoms with Crippen LogP contribution in [0.25, 0.3) is 0 Å². The summed E-state index contributed by atoms with van der Waals surface area (Å²) in [7, 11) is 4.28. The Morgan fingerprint density at radius 1 is 0.926 bits per heavy atom. The summed E-state index contributed by atoms with van der Waals surface area (Å²) in [6, 6.07) is 18.1. The minimum absolute atomic E-state index is 0.111. The van der Waals surface area contributed by atoms with E-state index in [2.05, 4.69) is 0 Å². The first-order chi connectivity index (χ1) is 13.0. The Morgan fingerprint density at radius 2 is 1.41 bits per heavy atom. The van der Waals surface area contributed by atoms with Crippen LogP contribution in [0.5, 0.6) is 0 Å². The maximum Gasteiger partial charge on any atom is 0.325 e. The van der Waals surface area contributed by atoms with E-state index in [0.717, 1.165) is 11.1 Å². The predicted octanol–water partition coefficient (Wildman–Crippen LogP) is 3.07. The molecule has 0 aromatic heterocycles. The highest BCUT2D eigenvalue weighted by Gasteiger charge is 2.61. The maximum absolute atomic E-state index is 13.0. The lowest BCUT2D eigenvalue weighted by atomic mass is 9.70. The molecule has 0 amide bonds. The molecule has 2 aromatic rings. The number of carbonyl (C=O) groups is 2. The number of benzene rings is 2. The lowest BCUT2D eigenvalue weighted by molar-refractivity contribution is -0.277. The summed E-state index contributed by atoms with van der Waals surface area (Å²) in [6.45, 7) is 0. The Morgan fingerprint density at radius 3 is 1.89 bits per heavy atom. The zero-order chi connectivity index (χ0) is 19.4. The minimum atomic E-state index is -1.56. The molecule has 0 saturated carbocycles. The van der Waals surface area contributed by atoms with Gasteiger partial charge in [0, 0.05) is 13.5 Å². The Kier molecular flexibility index (Phi) is 5.58. The fourth-order valence-electron chi connectivity index (χ4n) is 3.83. The minimum Gasteiger partial charge on any atom is -0.468 e. The number of hydrogen-bond donors (Lipinski definition) is 0. The maximum atomic E-state index is 13.0. The largest absolute Gasteiger partial charge is 0.468 e. The summed E-state index contributed by atoms with van der Waals surface area (Å²) in [6.07, 6.45) is -0.380. The summed E-state index contributed by atoms with van der Waals surface area (Å²) in [4.78, 5) is 32.1. The van der Waals surface area contributed by atoms with Crippen LogP contribution in [-0.2, 0) is 23.9 Å². The van der Waals surface area contributed by atoms with Crippen LogP contribution in [0.2, 0.25) is 0 Å². The van der Waals surface area contributed by atoms with Gasteiger partial charge in [-0.05, 0) is 11.1 Å². The van der Waals surface area contributed by atoms with Crippen molar-refractivity contribution >= 4 is 11.9 Å². The topological polar surface area (TPSA) is 65.1 Å². The van der Waals surface area contributed by atoms with E-state index in [0.29, 0.717) is 0 Å². The number of nitrogens with zero attached hydrogens (tertiary/aromatic N) is 1. The van der Waals surface area contributed by atoms with Crippen molar-refractivity contribution in [2.24, 2.45) is 5.41 Å². The summed E-state index contributed by atoms with van der Waals surface area (Å²) in [5.74, 6) is -1.28. The molecule has 2 aromatic carbocycles. The summed E-state index contributed by atoms with van der Waals surface area (Å²) >= 11 is 0. The van der Waals surface area contributed by atoms with Crippen molar-refractivity contribution in [3.63, 3.8) is 0 Å². The van der Waals surface area contributed by atoms with Gasteiger partial charge >= 0.3 is 11.9 Å². The van der Waals surface area contributed by atoms with Crippen LogP contribution in [0.15, 0.2) is 60.7 Å². The van der Waals surface area contributed by atoms with E-state index in [1.807, 2.05) is 60.7 Å². The van der Waals surface area contributed by atoms with Gasteiger partial charge in [-0.3, -0.25) is 14.4 Å². The Labute approximate surface area is 158 Å². The van der Waals surface area contributed by atoms with Crippen molar-refractivity contribution < 1.29 is 23.9 Å². The average Bonchev–Trinajstić information content (AvgIpc) is 2.73. The third-order valence-corrected chi connectivity index (χ3v) is 5.02. The van der Waals surface area contributed by atoms with E-state index in [9.17, 15) is 9.59 Å². The summed E-state index contributed by atoms with van der Waals surface area (Å²) in [5.41, 5.74) is 0.0774. The van der Waals surface area contributed by atoms with Gasteiger partial charge in [0.15, 0.2) is 5.41 Å². The zero-order valence-electron chi connectivity index (χ0n) is 15.6. The quantitative estimate of drug-likeness (QED) is 0.610. The van der Waals surface area contributed by atoms with Crippen molar-refractivity contribution in [3.8, 4) is 0 Å². The third-order valence-electron chi connectivity index (χ3n) is 5.02. The van der Waals surface area contributed by atoms with Crippen molar-refractivity contribution in [3.05, 3.63) is 71.8 Å². The number of carbonyl (C=O) groups excluding carboxylic acids is 2. The second kappa shape index (κ2) is 7.90. The molecule has 0 spiro atoms. The Hall–Kier alpha value is -2.70.